The third kappa shape index (κ3) is 4.10. The molecule has 0 bridgehead atoms. The van der Waals surface area contributed by atoms with Gasteiger partial charge in [-0.3, -0.25) is 4.79 Å². The minimum atomic E-state index is -0.412. The number of fused-ring (bicyclic) bond motifs is 1. The zero-order valence-corrected chi connectivity index (χ0v) is 13.4. The van der Waals surface area contributed by atoms with Crippen molar-refractivity contribution in [3.05, 3.63) is 54.8 Å². The molecule has 0 aromatic heterocycles. The first-order valence-corrected chi connectivity index (χ1v) is 7.45. The van der Waals surface area contributed by atoms with E-state index >= 15 is 0 Å². The van der Waals surface area contributed by atoms with E-state index in [9.17, 15) is 4.79 Å². The highest BCUT2D eigenvalue weighted by Crippen LogP contribution is 2.23. The summed E-state index contributed by atoms with van der Waals surface area (Å²) in [6.45, 7) is 9.40. The summed E-state index contributed by atoms with van der Waals surface area (Å²) in [5, 5.41) is 2.13. The van der Waals surface area contributed by atoms with Crippen LogP contribution in [0.3, 0.4) is 0 Å². The van der Waals surface area contributed by atoms with Gasteiger partial charge in [-0.1, -0.05) is 37.8 Å². The monoisotopic (exact) mass is 298 g/mol. The molecular weight excluding hydrogens is 276 g/mol. The van der Waals surface area contributed by atoms with Crippen molar-refractivity contribution in [3.8, 4) is 5.75 Å². The lowest BCUT2D eigenvalue weighted by molar-refractivity contribution is -0.155. The van der Waals surface area contributed by atoms with Crippen LogP contribution in [0.5, 0.6) is 5.75 Å². The second kappa shape index (κ2) is 6.65. The minimum absolute atomic E-state index is 0.196. The first-order valence-electron chi connectivity index (χ1n) is 7.45. The van der Waals surface area contributed by atoms with Gasteiger partial charge in [0.15, 0.2) is 0 Å². The normalized spacial score (nSPS) is 11.2. The molecule has 22 heavy (non-hydrogen) atoms. The highest BCUT2D eigenvalue weighted by atomic mass is 16.6. The van der Waals surface area contributed by atoms with Crippen molar-refractivity contribution in [1.29, 1.82) is 0 Å². The highest BCUT2D eigenvalue weighted by Gasteiger charge is 2.20. The number of rotatable bonds is 6. The van der Waals surface area contributed by atoms with Crippen LogP contribution in [-0.2, 0) is 16.0 Å². The van der Waals surface area contributed by atoms with Gasteiger partial charge in [0.25, 0.3) is 0 Å². The van der Waals surface area contributed by atoms with E-state index in [1.807, 2.05) is 57.2 Å². The van der Waals surface area contributed by atoms with Gasteiger partial charge >= 0.3 is 5.97 Å². The Morgan fingerprint density at radius 3 is 2.55 bits per heavy atom. The van der Waals surface area contributed by atoms with Crippen molar-refractivity contribution in [2.24, 2.45) is 0 Å². The van der Waals surface area contributed by atoms with Crippen LogP contribution in [0, 0.1) is 0 Å². The number of benzene rings is 2. The van der Waals surface area contributed by atoms with Gasteiger partial charge in [-0.2, -0.15) is 0 Å². The van der Waals surface area contributed by atoms with Crippen LogP contribution in [0.4, 0.5) is 0 Å². The predicted molar refractivity (Wildman–Crippen MR) is 88.9 cm³/mol. The molecule has 0 aliphatic rings. The van der Waals surface area contributed by atoms with Crippen LogP contribution in [0.25, 0.3) is 10.8 Å². The Balaban J connectivity index is 2.14. The molecule has 0 heterocycles. The third-order valence-corrected chi connectivity index (χ3v) is 3.69. The summed E-state index contributed by atoms with van der Waals surface area (Å²) in [6.07, 6.45) is 2.48. The standard InChI is InChI=1S/C19H22O3/c1-5-19(3,4)22-18(20)12-14-7-8-16-13-17(21-6-2)10-9-15(16)11-14/h6-11,13H,2,5,12H2,1,3-4H3. The van der Waals surface area contributed by atoms with Crippen LogP contribution in [-0.4, -0.2) is 11.6 Å². The number of hydrogen-bond acceptors (Lipinski definition) is 3. The summed E-state index contributed by atoms with van der Waals surface area (Å²) >= 11 is 0. The molecule has 0 atom stereocenters. The molecule has 3 nitrogen and oxygen atoms in total. The summed E-state index contributed by atoms with van der Waals surface area (Å²) < 4.78 is 10.7. The van der Waals surface area contributed by atoms with Crippen molar-refractivity contribution in [2.45, 2.75) is 39.2 Å². The van der Waals surface area contributed by atoms with Crippen molar-refractivity contribution < 1.29 is 14.3 Å². The molecule has 2 aromatic rings. The minimum Gasteiger partial charge on any atom is -0.466 e. The number of esters is 1. The van der Waals surface area contributed by atoms with Crippen molar-refractivity contribution in [1.82, 2.24) is 0 Å². The maximum Gasteiger partial charge on any atom is 0.310 e. The second-order valence-corrected chi connectivity index (χ2v) is 5.89. The molecule has 2 aromatic carbocycles. The molecule has 116 valence electrons. The smallest absolute Gasteiger partial charge is 0.310 e. The quantitative estimate of drug-likeness (QED) is 0.576. The second-order valence-electron chi connectivity index (χ2n) is 5.89. The third-order valence-electron chi connectivity index (χ3n) is 3.69. The SMILES string of the molecule is C=COc1ccc2cc(CC(=O)OC(C)(C)CC)ccc2c1. The molecule has 3 heteroatoms. The van der Waals surface area contributed by atoms with Crippen molar-refractivity contribution >= 4 is 16.7 Å². The molecule has 2 rings (SSSR count). The fraction of sp³-hybridized carbons (Fsp3) is 0.316. The van der Waals surface area contributed by atoms with Crippen molar-refractivity contribution in [2.75, 3.05) is 0 Å². The summed E-state index contributed by atoms with van der Waals surface area (Å²) in [7, 11) is 0. The maximum atomic E-state index is 12.0. The molecule has 0 spiro atoms. The fourth-order valence-electron chi connectivity index (χ4n) is 2.14. The molecule has 0 radical (unpaired) electrons. The Hall–Kier alpha value is -2.29. The Labute approximate surface area is 131 Å². The van der Waals surface area contributed by atoms with E-state index in [1.165, 1.54) is 6.26 Å². The first-order chi connectivity index (χ1) is 10.4. The number of ether oxygens (including phenoxy) is 2. The van der Waals surface area contributed by atoms with Gasteiger partial charge in [0.05, 0.1) is 12.7 Å². The predicted octanol–water partition coefficient (Wildman–Crippen LogP) is 4.64. The fourth-order valence-corrected chi connectivity index (χ4v) is 2.14. The highest BCUT2D eigenvalue weighted by molar-refractivity contribution is 5.85. The van der Waals surface area contributed by atoms with E-state index < -0.39 is 5.60 Å². The molecule has 0 N–H and O–H groups in total. The van der Waals surface area contributed by atoms with Gasteiger partial charge in [-0.05, 0) is 48.7 Å². The van der Waals surface area contributed by atoms with Crippen LogP contribution in [0.2, 0.25) is 0 Å². The summed E-state index contributed by atoms with van der Waals surface area (Å²) in [5.74, 6) is 0.553. The topological polar surface area (TPSA) is 35.5 Å². The average Bonchev–Trinajstić information content (AvgIpc) is 2.47. The molecule has 0 aliphatic carbocycles. The maximum absolute atomic E-state index is 12.0. The van der Waals surface area contributed by atoms with Crippen LogP contribution < -0.4 is 4.74 Å². The lowest BCUT2D eigenvalue weighted by atomic mass is 10.0. The zero-order chi connectivity index (χ0) is 16.2. The Kier molecular flexibility index (Phi) is 4.86. The largest absolute Gasteiger partial charge is 0.466 e. The number of carbonyl (C=O) groups is 1. The van der Waals surface area contributed by atoms with Crippen LogP contribution in [0.15, 0.2) is 49.2 Å². The average molecular weight is 298 g/mol. The van der Waals surface area contributed by atoms with Gasteiger partial charge in [0.1, 0.15) is 11.4 Å². The first kappa shape index (κ1) is 16.1. The number of carbonyl (C=O) groups excluding carboxylic acids is 1. The molecule has 0 saturated carbocycles. The summed E-state index contributed by atoms with van der Waals surface area (Å²) in [4.78, 5) is 12.0. The van der Waals surface area contributed by atoms with E-state index in [4.69, 9.17) is 9.47 Å². The van der Waals surface area contributed by atoms with Crippen molar-refractivity contribution in [3.63, 3.8) is 0 Å². The molecule has 0 unspecified atom stereocenters. The van der Waals surface area contributed by atoms with Crippen LogP contribution >= 0.6 is 0 Å². The number of hydrogen-bond donors (Lipinski definition) is 0. The van der Waals surface area contributed by atoms with Crippen LogP contribution in [0.1, 0.15) is 32.8 Å². The van der Waals surface area contributed by atoms with Gasteiger partial charge < -0.3 is 9.47 Å². The lowest BCUT2D eigenvalue weighted by Gasteiger charge is -2.23. The van der Waals surface area contributed by atoms with Gasteiger partial charge in [-0.15, -0.1) is 0 Å². The summed E-state index contributed by atoms with van der Waals surface area (Å²) in [6, 6.07) is 11.7. The Bertz CT molecular complexity index is 686. The van der Waals surface area contributed by atoms with E-state index in [1.54, 1.807) is 0 Å². The Morgan fingerprint density at radius 2 is 1.86 bits per heavy atom. The molecule has 0 aliphatic heterocycles. The van der Waals surface area contributed by atoms with E-state index in [0.717, 1.165) is 28.5 Å². The van der Waals surface area contributed by atoms with E-state index in [2.05, 4.69) is 6.58 Å². The van der Waals surface area contributed by atoms with Gasteiger partial charge in [-0.25, -0.2) is 0 Å². The van der Waals surface area contributed by atoms with E-state index in [0.29, 0.717) is 0 Å². The molecule has 0 amide bonds. The summed E-state index contributed by atoms with van der Waals surface area (Å²) in [5.41, 5.74) is 0.534. The van der Waals surface area contributed by atoms with Gasteiger partial charge in [0.2, 0.25) is 0 Å². The Morgan fingerprint density at radius 1 is 1.18 bits per heavy atom. The molecule has 0 saturated heterocycles. The van der Waals surface area contributed by atoms with E-state index in [-0.39, 0.29) is 12.4 Å². The molecule has 0 fully saturated rings. The molecular formula is C19H22O3. The zero-order valence-electron chi connectivity index (χ0n) is 13.4. The van der Waals surface area contributed by atoms with Gasteiger partial charge in [0, 0.05) is 0 Å². The lowest BCUT2D eigenvalue weighted by Crippen LogP contribution is -2.27.